The Morgan fingerprint density at radius 1 is 0.825 bits per heavy atom. The number of carbonyl (C=O) groups is 3. The second kappa shape index (κ2) is 25.0. The summed E-state index contributed by atoms with van der Waals surface area (Å²) in [4.78, 5) is 34.7. The van der Waals surface area contributed by atoms with Gasteiger partial charge in [-0.1, -0.05) is 115 Å². The van der Waals surface area contributed by atoms with Gasteiger partial charge in [0, 0.05) is 49.5 Å². The van der Waals surface area contributed by atoms with Crippen molar-refractivity contribution >= 4 is 17.3 Å². The van der Waals surface area contributed by atoms with Crippen LogP contribution < -0.4 is 0 Å². The first kappa shape index (κ1) is 51.1. The summed E-state index contributed by atoms with van der Waals surface area (Å²) in [5.41, 5.74) is -0.407. The summed E-state index contributed by atoms with van der Waals surface area (Å²) in [7, 11) is 3.96. The molecule has 4 nitrogen and oxygen atoms in total. The maximum absolute atomic E-state index is 11.3. The van der Waals surface area contributed by atoms with E-state index >= 15 is 0 Å². The number of terminal acetylenes is 1. The van der Waals surface area contributed by atoms with Crippen molar-refractivity contribution in [1.82, 2.24) is 4.90 Å². The minimum atomic E-state index is -0.250. The summed E-state index contributed by atoms with van der Waals surface area (Å²) in [6.07, 6.45) is 13.8. The van der Waals surface area contributed by atoms with Crippen molar-refractivity contribution in [3.05, 3.63) is 43.9 Å². The average molecular weight is 733 g/mol. The number of nitrogens with zero attached hydrogens (tertiary/aromatic N) is 1. The summed E-state index contributed by atoms with van der Waals surface area (Å²) in [5.74, 6) is 3.30. The van der Waals surface area contributed by atoms with Gasteiger partial charge in [-0.2, -0.15) is 0 Å². The van der Waals surface area contributed by atoms with E-state index in [1.54, 1.807) is 18.2 Å². The SMILES string of the molecule is C#CC(C)C.C/C=C/C(=O)C(C)(C)C.C=CC(C)(C)C.CN(C)C/C=C/C(=O)C(C)(C)C.[CH2-]C(=O)C(C)(C)C.[Re]. The molecule has 0 aliphatic rings. The van der Waals surface area contributed by atoms with Gasteiger partial charge in [-0.25, -0.2) is 0 Å². The normalized spacial score (nSPS) is 11.2. The first-order valence-corrected chi connectivity index (χ1v) is 13.6. The van der Waals surface area contributed by atoms with Crippen molar-refractivity contribution in [3.63, 3.8) is 0 Å². The summed E-state index contributed by atoms with van der Waals surface area (Å²) >= 11 is 0. The Bertz CT molecular complexity index is 783. The standard InChI is InChI=1S/C10H19NO.C8H14O.C6H11O.C6H12.C5H8.Re/c1-10(2,3)9(12)7-6-8-11(4)5;1-5-6-7(9)8(2,3)4;1-5(7)6(2,3)4;1-5-6(2,3)4;1-4-5(2)3;/h6-7H,8H2,1-5H3;5-6H,1-4H3;1H2,2-4H3;5H,1H2,2-4H3;1,5H,2-3H3;/q;;-1;;;/b7-6+;6-5+;;;;. The zero-order chi connectivity index (χ0) is 32.8. The molecule has 0 aromatic heterocycles. The molecule has 0 heterocycles. The molecule has 0 saturated heterocycles. The van der Waals surface area contributed by atoms with E-state index in [2.05, 4.69) is 40.2 Å². The molecule has 0 amide bonds. The molecule has 0 atom stereocenters. The molecular weight excluding hydrogens is 669 g/mol. The Kier molecular flexibility index (Phi) is 31.9. The fourth-order valence-corrected chi connectivity index (χ4v) is 1.02. The van der Waals surface area contributed by atoms with Gasteiger partial charge in [0.15, 0.2) is 11.6 Å². The third-order valence-corrected chi connectivity index (χ3v) is 4.32. The molecular formula is C35H64NO3Re-. The summed E-state index contributed by atoms with van der Waals surface area (Å²) in [6.45, 7) is 37.0. The average Bonchev–Trinajstić information content (AvgIpc) is 2.72. The van der Waals surface area contributed by atoms with Gasteiger partial charge in [0.25, 0.3) is 0 Å². The van der Waals surface area contributed by atoms with Gasteiger partial charge in [0.2, 0.25) is 0 Å². The summed E-state index contributed by atoms with van der Waals surface area (Å²) in [5, 5.41) is 0. The molecule has 0 saturated carbocycles. The van der Waals surface area contributed by atoms with Gasteiger partial charge in [0.1, 0.15) is 0 Å². The Hall–Kier alpha value is -1.72. The molecule has 0 aliphatic carbocycles. The van der Waals surface area contributed by atoms with Crippen LogP contribution in [0.3, 0.4) is 0 Å². The number of allylic oxidation sites excluding steroid dienone is 4. The Labute approximate surface area is 264 Å². The van der Waals surface area contributed by atoms with Gasteiger partial charge in [-0.05, 0) is 44.0 Å². The topological polar surface area (TPSA) is 54.5 Å². The van der Waals surface area contributed by atoms with Crippen LogP contribution in [0.25, 0.3) is 0 Å². The van der Waals surface area contributed by atoms with E-state index in [0.29, 0.717) is 11.3 Å². The fraction of sp³-hybridized carbons (Fsp3) is 0.657. The summed E-state index contributed by atoms with van der Waals surface area (Å²) < 4.78 is 0. The summed E-state index contributed by atoms with van der Waals surface area (Å²) in [6, 6.07) is 0. The van der Waals surface area contributed by atoms with E-state index in [1.165, 1.54) is 0 Å². The van der Waals surface area contributed by atoms with E-state index in [0.717, 1.165) is 6.54 Å². The predicted molar refractivity (Wildman–Crippen MR) is 175 cm³/mol. The second-order valence-electron chi connectivity index (χ2n) is 14.0. The monoisotopic (exact) mass is 733 g/mol. The van der Waals surface area contributed by atoms with E-state index in [-0.39, 0.29) is 54.0 Å². The van der Waals surface area contributed by atoms with Crippen LogP contribution in [-0.2, 0) is 34.8 Å². The van der Waals surface area contributed by atoms with Crippen molar-refractivity contribution in [3.8, 4) is 12.3 Å². The van der Waals surface area contributed by atoms with Crippen LogP contribution >= 0.6 is 0 Å². The number of likely N-dealkylation sites (N-methyl/N-ethyl adjacent to an activating group) is 1. The van der Waals surface area contributed by atoms with Gasteiger partial charge in [0.05, 0.1) is 0 Å². The Morgan fingerprint density at radius 3 is 1.23 bits per heavy atom. The first-order chi connectivity index (χ1) is 17.1. The number of carbonyl (C=O) groups excluding carboxylic acids is 3. The second-order valence-corrected chi connectivity index (χ2v) is 14.0. The minimum absolute atomic E-state index is 0. The predicted octanol–water partition coefficient (Wildman–Crippen LogP) is 8.82. The quantitative estimate of drug-likeness (QED) is 0.126. The van der Waals surface area contributed by atoms with Crippen molar-refractivity contribution in [1.29, 1.82) is 0 Å². The van der Waals surface area contributed by atoms with Crippen molar-refractivity contribution in [2.75, 3.05) is 20.6 Å². The molecule has 1 radical (unpaired) electrons. The van der Waals surface area contributed by atoms with Crippen LogP contribution in [0.1, 0.15) is 104 Å². The molecule has 40 heavy (non-hydrogen) atoms. The Balaban J connectivity index is -0.0000000930. The maximum Gasteiger partial charge on any atom is 0.160 e. The van der Waals surface area contributed by atoms with Crippen LogP contribution in [0.4, 0.5) is 0 Å². The zero-order valence-corrected chi connectivity index (χ0v) is 31.9. The molecule has 5 heteroatoms. The van der Waals surface area contributed by atoms with Crippen LogP contribution in [-0.4, -0.2) is 42.9 Å². The minimum Gasteiger partial charge on any atom is -0.339 e. The third kappa shape index (κ3) is 49.3. The Morgan fingerprint density at radius 2 is 1.10 bits per heavy atom. The number of rotatable bonds is 4. The van der Waals surface area contributed by atoms with E-state index in [9.17, 15) is 14.4 Å². The number of hydrogen-bond donors (Lipinski definition) is 0. The van der Waals surface area contributed by atoms with E-state index in [1.807, 2.05) is 114 Å². The van der Waals surface area contributed by atoms with Crippen molar-refractivity contribution in [2.24, 2.45) is 27.6 Å². The molecule has 0 aromatic carbocycles. The fourth-order valence-electron chi connectivity index (χ4n) is 1.02. The molecule has 0 aliphatic heterocycles. The molecule has 0 spiro atoms. The molecule has 0 fully saturated rings. The van der Waals surface area contributed by atoms with Crippen LogP contribution in [0.2, 0.25) is 0 Å². The van der Waals surface area contributed by atoms with Crippen LogP contribution in [0.15, 0.2) is 37.0 Å². The number of Topliss-reactive ketones (excluding diaryl/α,β-unsaturated/α-hetero) is 1. The third-order valence-electron chi connectivity index (χ3n) is 4.32. The largest absolute Gasteiger partial charge is 0.339 e. The van der Waals surface area contributed by atoms with Gasteiger partial charge >= 0.3 is 0 Å². The van der Waals surface area contributed by atoms with Gasteiger partial charge in [-0.15, -0.1) is 18.9 Å². The van der Waals surface area contributed by atoms with Crippen molar-refractivity contribution < 1.29 is 34.8 Å². The van der Waals surface area contributed by atoms with E-state index < -0.39 is 0 Å². The van der Waals surface area contributed by atoms with Crippen LogP contribution in [0.5, 0.6) is 0 Å². The smallest absolute Gasteiger partial charge is 0.160 e. The maximum atomic E-state index is 11.3. The molecule has 235 valence electrons. The first-order valence-electron chi connectivity index (χ1n) is 13.6. The van der Waals surface area contributed by atoms with Gasteiger partial charge < -0.3 is 16.6 Å². The van der Waals surface area contributed by atoms with Crippen molar-refractivity contribution in [2.45, 2.75) is 104 Å². The molecule has 0 aromatic rings. The van der Waals surface area contributed by atoms with Crippen LogP contribution in [0, 0.1) is 46.8 Å². The number of hydrogen-bond acceptors (Lipinski definition) is 4. The van der Waals surface area contributed by atoms with E-state index in [4.69, 9.17) is 6.42 Å². The molecule has 0 bridgehead atoms. The molecule has 0 rings (SSSR count). The van der Waals surface area contributed by atoms with Gasteiger partial charge in [-0.3, -0.25) is 9.59 Å². The molecule has 0 unspecified atom stereocenters. The zero-order valence-electron chi connectivity index (χ0n) is 29.2. The molecule has 0 N–H and O–H groups in total. The number of ketones is 3.